The van der Waals surface area contributed by atoms with E-state index in [1.54, 1.807) is 30.3 Å². The summed E-state index contributed by atoms with van der Waals surface area (Å²) in [5, 5.41) is 0. The normalized spacial score (nSPS) is 21.8. The number of rotatable bonds is 6. The van der Waals surface area contributed by atoms with Crippen LogP contribution >= 0.6 is 0 Å². The first-order valence-electron chi connectivity index (χ1n) is 7.69. The first kappa shape index (κ1) is 17.8. The number of hydrogen-bond donors (Lipinski definition) is 0. The molecule has 0 saturated heterocycles. The van der Waals surface area contributed by atoms with Crippen LogP contribution in [-0.2, 0) is 23.9 Å². The fraction of sp³-hybridized carbons (Fsp3) is 0.444. The van der Waals surface area contributed by atoms with Gasteiger partial charge in [0.1, 0.15) is 6.29 Å². The van der Waals surface area contributed by atoms with Crippen molar-refractivity contribution in [1.82, 2.24) is 0 Å². The molecule has 0 N–H and O–H groups in total. The van der Waals surface area contributed by atoms with Gasteiger partial charge in [-0.05, 0) is 18.8 Å². The lowest BCUT2D eigenvalue weighted by Crippen LogP contribution is -2.39. The third-order valence-corrected chi connectivity index (χ3v) is 4.67. The van der Waals surface area contributed by atoms with Gasteiger partial charge in [-0.2, -0.15) is 0 Å². The largest absolute Gasteiger partial charge is 0.468 e. The average Bonchev–Trinajstić information content (AvgIpc) is 3.00. The summed E-state index contributed by atoms with van der Waals surface area (Å²) in [5.74, 6) is -2.56. The lowest BCUT2D eigenvalue weighted by atomic mass is 9.84. The SMILES string of the molecule is COC(=O)C1(C(=O)OC)C[C@@H](CC(=O)c2ccccc2)[C@@H](C=O)C1. The van der Waals surface area contributed by atoms with Gasteiger partial charge in [-0.3, -0.25) is 14.4 Å². The van der Waals surface area contributed by atoms with E-state index < -0.39 is 29.2 Å². The van der Waals surface area contributed by atoms with E-state index in [-0.39, 0.29) is 25.0 Å². The molecule has 6 nitrogen and oxygen atoms in total. The van der Waals surface area contributed by atoms with Crippen LogP contribution in [0.15, 0.2) is 30.3 Å². The van der Waals surface area contributed by atoms with Gasteiger partial charge in [-0.25, -0.2) is 0 Å². The molecule has 0 spiro atoms. The summed E-state index contributed by atoms with van der Waals surface area (Å²) in [4.78, 5) is 48.2. The molecule has 1 fully saturated rings. The Hall–Kier alpha value is -2.50. The number of carbonyl (C=O) groups excluding carboxylic acids is 4. The Bertz CT molecular complexity index is 620. The minimum atomic E-state index is -1.52. The van der Waals surface area contributed by atoms with Gasteiger partial charge < -0.3 is 14.3 Å². The molecule has 2 rings (SSSR count). The Morgan fingerprint density at radius 3 is 2.17 bits per heavy atom. The van der Waals surface area contributed by atoms with Crippen molar-refractivity contribution >= 4 is 24.0 Å². The number of hydrogen-bond acceptors (Lipinski definition) is 6. The zero-order valence-corrected chi connectivity index (χ0v) is 13.7. The van der Waals surface area contributed by atoms with Crippen LogP contribution in [0.5, 0.6) is 0 Å². The highest BCUT2D eigenvalue weighted by Crippen LogP contribution is 2.48. The van der Waals surface area contributed by atoms with Crippen LogP contribution in [0.25, 0.3) is 0 Å². The maximum Gasteiger partial charge on any atom is 0.323 e. The van der Waals surface area contributed by atoms with E-state index in [4.69, 9.17) is 9.47 Å². The fourth-order valence-corrected chi connectivity index (χ4v) is 3.42. The molecule has 0 amide bonds. The van der Waals surface area contributed by atoms with Crippen LogP contribution in [0.4, 0.5) is 0 Å². The topological polar surface area (TPSA) is 86.7 Å². The summed E-state index contributed by atoms with van der Waals surface area (Å²) < 4.78 is 9.50. The summed E-state index contributed by atoms with van der Waals surface area (Å²) in [6, 6.07) is 8.71. The summed E-state index contributed by atoms with van der Waals surface area (Å²) >= 11 is 0. The Balaban J connectivity index is 2.24. The average molecular weight is 332 g/mol. The number of benzene rings is 1. The number of Topliss-reactive ketones (excluding diaryl/α,β-unsaturated/α-hetero) is 1. The third kappa shape index (κ3) is 3.22. The molecule has 0 heterocycles. The highest BCUT2D eigenvalue weighted by Gasteiger charge is 2.57. The smallest absolute Gasteiger partial charge is 0.323 e. The molecule has 128 valence electrons. The van der Waals surface area contributed by atoms with Crippen LogP contribution in [0.1, 0.15) is 29.6 Å². The number of ketones is 1. The summed E-state index contributed by atoms with van der Waals surface area (Å²) in [5.41, 5.74) is -0.979. The van der Waals surface area contributed by atoms with Crippen LogP contribution in [0.2, 0.25) is 0 Å². The summed E-state index contributed by atoms with van der Waals surface area (Å²) in [6.07, 6.45) is 0.858. The van der Waals surface area contributed by atoms with Crippen molar-refractivity contribution in [3.05, 3.63) is 35.9 Å². The van der Waals surface area contributed by atoms with Crippen molar-refractivity contribution in [2.24, 2.45) is 17.3 Å². The second kappa shape index (κ2) is 7.38. The van der Waals surface area contributed by atoms with Gasteiger partial charge in [-0.1, -0.05) is 30.3 Å². The van der Waals surface area contributed by atoms with Gasteiger partial charge >= 0.3 is 11.9 Å². The Morgan fingerprint density at radius 2 is 1.67 bits per heavy atom. The van der Waals surface area contributed by atoms with Crippen molar-refractivity contribution in [3.63, 3.8) is 0 Å². The fourth-order valence-electron chi connectivity index (χ4n) is 3.42. The van der Waals surface area contributed by atoms with Gasteiger partial charge in [0.25, 0.3) is 0 Å². The second-order valence-electron chi connectivity index (χ2n) is 6.03. The number of aldehydes is 1. The van der Waals surface area contributed by atoms with E-state index in [0.29, 0.717) is 11.8 Å². The molecule has 0 aromatic heterocycles. The predicted octanol–water partition coefficient (Wildman–Crippen LogP) is 1.82. The van der Waals surface area contributed by atoms with Crippen molar-refractivity contribution in [2.45, 2.75) is 19.3 Å². The van der Waals surface area contributed by atoms with Crippen LogP contribution < -0.4 is 0 Å². The molecule has 1 aliphatic carbocycles. The van der Waals surface area contributed by atoms with Crippen molar-refractivity contribution in [2.75, 3.05) is 14.2 Å². The molecule has 24 heavy (non-hydrogen) atoms. The Kier molecular flexibility index (Phi) is 5.49. The molecule has 1 aromatic rings. The van der Waals surface area contributed by atoms with Crippen LogP contribution in [0, 0.1) is 17.3 Å². The van der Waals surface area contributed by atoms with Crippen LogP contribution in [0.3, 0.4) is 0 Å². The standard InChI is InChI=1S/C18H20O6/c1-23-16(21)18(17(22)24-2)9-13(14(10-18)11-19)8-15(20)12-6-4-3-5-7-12/h3-7,11,13-14H,8-10H2,1-2H3/t13-,14-/m1/s1. The molecular formula is C18H20O6. The molecule has 6 heteroatoms. The lowest BCUT2D eigenvalue weighted by molar-refractivity contribution is -0.169. The van der Waals surface area contributed by atoms with Crippen molar-refractivity contribution in [3.8, 4) is 0 Å². The van der Waals surface area contributed by atoms with E-state index >= 15 is 0 Å². The van der Waals surface area contributed by atoms with Crippen molar-refractivity contribution < 1.29 is 28.7 Å². The highest BCUT2D eigenvalue weighted by atomic mass is 16.5. The Labute approximate surface area is 140 Å². The molecule has 0 aliphatic heterocycles. The second-order valence-corrected chi connectivity index (χ2v) is 6.03. The van der Waals surface area contributed by atoms with Gasteiger partial charge in [0.2, 0.25) is 0 Å². The zero-order valence-electron chi connectivity index (χ0n) is 13.7. The molecule has 0 bridgehead atoms. The quantitative estimate of drug-likeness (QED) is 0.342. The number of methoxy groups -OCH3 is 2. The molecular weight excluding hydrogens is 312 g/mol. The summed E-state index contributed by atoms with van der Waals surface area (Å²) in [6.45, 7) is 0. The number of ether oxygens (including phenoxy) is 2. The van der Waals surface area contributed by atoms with Crippen molar-refractivity contribution in [1.29, 1.82) is 0 Å². The van der Waals surface area contributed by atoms with Gasteiger partial charge in [0, 0.05) is 17.9 Å². The van der Waals surface area contributed by atoms with E-state index in [9.17, 15) is 19.2 Å². The van der Waals surface area contributed by atoms with E-state index in [0.717, 1.165) is 0 Å². The minimum absolute atomic E-state index is 0.00256. The zero-order chi connectivity index (χ0) is 17.7. The van der Waals surface area contributed by atoms with Crippen LogP contribution in [-0.4, -0.2) is 38.2 Å². The number of esters is 2. The maximum absolute atomic E-state index is 12.4. The van der Waals surface area contributed by atoms with E-state index in [1.807, 2.05) is 0 Å². The summed E-state index contributed by atoms with van der Waals surface area (Å²) in [7, 11) is 2.37. The monoisotopic (exact) mass is 332 g/mol. The molecule has 0 unspecified atom stereocenters. The maximum atomic E-state index is 12.4. The van der Waals surface area contributed by atoms with Gasteiger partial charge in [-0.15, -0.1) is 0 Å². The first-order chi connectivity index (χ1) is 11.5. The highest BCUT2D eigenvalue weighted by molar-refractivity contribution is 6.01. The third-order valence-electron chi connectivity index (χ3n) is 4.67. The van der Waals surface area contributed by atoms with Gasteiger partial charge in [0.05, 0.1) is 14.2 Å². The van der Waals surface area contributed by atoms with E-state index in [1.165, 1.54) is 14.2 Å². The predicted molar refractivity (Wildman–Crippen MR) is 84.1 cm³/mol. The minimum Gasteiger partial charge on any atom is -0.468 e. The first-order valence-corrected chi connectivity index (χ1v) is 7.69. The molecule has 0 radical (unpaired) electrons. The lowest BCUT2D eigenvalue weighted by Gasteiger charge is -2.23. The number of carbonyl (C=O) groups is 4. The Morgan fingerprint density at radius 1 is 1.08 bits per heavy atom. The molecule has 2 atom stereocenters. The molecule has 1 aromatic carbocycles. The molecule has 1 aliphatic rings. The molecule has 1 saturated carbocycles. The van der Waals surface area contributed by atoms with Gasteiger partial charge in [0.15, 0.2) is 11.2 Å². The van der Waals surface area contributed by atoms with E-state index in [2.05, 4.69) is 0 Å².